The summed E-state index contributed by atoms with van der Waals surface area (Å²) in [5.74, 6) is 0.631. The van der Waals surface area contributed by atoms with Crippen molar-refractivity contribution in [1.29, 1.82) is 0 Å². The first-order valence-corrected chi connectivity index (χ1v) is 8.97. The maximum Gasteiger partial charge on any atom is 0.252 e. The number of nitrogens with one attached hydrogen (secondary N) is 1. The third-order valence-electron chi connectivity index (χ3n) is 4.10. The van der Waals surface area contributed by atoms with Crippen molar-refractivity contribution in [1.82, 2.24) is 5.32 Å². The van der Waals surface area contributed by atoms with Gasteiger partial charge < -0.3 is 10.1 Å². The van der Waals surface area contributed by atoms with Crippen LogP contribution in [0, 0.1) is 5.92 Å². The maximum atomic E-state index is 12.2. The Kier molecular flexibility index (Phi) is 6.58. The van der Waals surface area contributed by atoms with Gasteiger partial charge in [0.15, 0.2) is 0 Å². The molecule has 21 heavy (non-hydrogen) atoms. The number of thioether (sulfide) groups is 1. The number of carbonyl (C=O) groups excluding carboxylic acids is 1. The van der Waals surface area contributed by atoms with Crippen molar-refractivity contribution in [2.45, 2.75) is 43.6 Å². The van der Waals surface area contributed by atoms with E-state index in [0.717, 1.165) is 16.9 Å². The highest BCUT2D eigenvalue weighted by molar-refractivity contribution is 7.98. The molecule has 2 rings (SSSR count). The van der Waals surface area contributed by atoms with Gasteiger partial charge in [-0.05, 0) is 37.1 Å². The SMILES string of the molecule is CSc1ccccc1C(=O)NCCOC1CCCCC1C. The van der Waals surface area contributed by atoms with Gasteiger partial charge in [-0.3, -0.25) is 4.79 Å². The average Bonchev–Trinajstić information content (AvgIpc) is 2.52. The smallest absolute Gasteiger partial charge is 0.252 e. The highest BCUT2D eigenvalue weighted by atomic mass is 32.2. The number of hydrogen-bond donors (Lipinski definition) is 1. The van der Waals surface area contributed by atoms with Crippen molar-refractivity contribution >= 4 is 17.7 Å². The summed E-state index contributed by atoms with van der Waals surface area (Å²) in [5, 5.41) is 2.95. The van der Waals surface area contributed by atoms with Gasteiger partial charge in [0, 0.05) is 11.4 Å². The third-order valence-corrected chi connectivity index (χ3v) is 4.90. The van der Waals surface area contributed by atoms with Gasteiger partial charge in [0.2, 0.25) is 0 Å². The minimum absolute atomic E-state index is 0.0137. The molecule has 4 heteroatoms. The van der Waals surface area contributed by atoms with E-state index in [-0.39, 0.29) is 5.91 Å². The first-order valence-electron chi connectivity index (χ1n) is 7.75. The molecule has 1 N–H and O–H groups in total. The molecule has 2 unspecified atom stereocenters. The Morgan fingerprint density at radius 1 is 1.33 bits per heavy atom. The molecule has 0 aromatic heterocycles. The van der Waals surface area contributed by atoms with Crippen molar-refractivity contribution in [2.75, 3.05) is 19.4 Å². The topological polar surface area (TPSA) is 38.3 Å². The molecular formula is C17H25NO2S. The highest BCUT2D eigenvalue weighted by Gasteiger charge is 2.21. The summed E-state index contributed by atoms with van der Waals surface area (Å²) in [4.78, 5) is 13.2. The number of carbonyl (C=O) groups is 1. The van der Waals surface area contributed by atoms with Crippen molar-refractivity contribution in [3.8, 4) is 0 Å². The molecule has 3 nitrogen and oxygen atoms in total. The van der Waals surface area contributed by atoms with Crippen molar-refractivity contribution in [3.05, 3.63) is 29.8 Å². The predicted octanol–water partition coefficient (Wildman–Crippen LogP) is 3.73. The molecule has 1 aliphatic rings. The van der Waals surface area contributed by atoms with Crippen LogP contribution in [0.4, 0.5) is 0 Å². The Hall–Kier alpha value is -1.00. The van der Waals surface area contributed by atoms with Crippen LogP contribution in [0.25, 0.3) is 0 Å². The molecule has 1 aromatic rings. The molecule has 0 spiro atoms. The first kappa shape index (κ1) is 16.4. The van der Waals surface area contributed by atoms with Gasteiger partial charge in [0.05, 0.1) is 18.3 Å². The van der Waals surface area contributed by atoms with Crippen LogP contribution in [-0.2, 0) is 4.74 Å². The Bertz CT molecular complexity index is 464. The van der Waals surface area contributed by atoms with Crippen molar-refractivity contribution < 1.29 is 9.53 Å². The van der Waals surface area contributed by atoms with Gasteiger partial charge in [0.25, 0.3) is 5.91 Å². The van der Waals surface area contributed by atoms with E-state index in [1.165, 1.54) is 19.3 Å². The molecule has 0 heterocycles. The largest absolute Gasteiger partial charge is 0.376 e. The average molecular weight is 307 g/mol. The Labute approximate surface area is 131 Å². The van der Waals surface area contributed by atoms with Crippen LogP contribution >= 0.6 is 11.8 Å². The Morgan fingerprint density at radius 2 is 2.10 bits per heavy atom. The summed E-state index contributed by atoms with van der Waals surface area (Å²) in [6.07, 6.45) is 7.36. The minimum Gasteiger partial charge on any atom is -0.376 e. The van der Waals surface area contributed by atoms with Gasteiger partial charge >= 0.3 is 0 Å². The van der Waals surface area contributed by atoms with Crippen LogP contribution in [0.5, 0.6) is 0 Å². The summed E-state index contributed by atoms with van der Waals surface area (Å²) >= 11 is 1.59. The second kappa shape index (κ2) is 8.44. The second-order valence-electron chi connectivity index (χ2n) is 5.63. The lowest BCUT2D eigenvalue weighted by Crippen LogP contribution is -2.32. The van der Waals surface area contributed by atoms with Crippen molar-refractivity contribution in [3.63, 3.8) is 0 Å². The molecule has 1 saturated carbocycles. The van der Waals surface area contributed by atoms with Gasteiger partial charge in [-0.2, -0.15) is 0 Å². The quantitative estimate of drug-likeness (QED) is 0.643. The van der Waals surface area contributed by atoms with Crippen molar-refractivity contribution in [2.24, 2.45) is 5.92 Å². The molecule has 1 aromatic carbocycles. The van der Waals surface area contributed by atoms with E-state index in [0.29, 0.717) is 25.2 Å². The minimum atomic E-state index is -0.0137. The zero-order chi connectivity index (χ0) is 15.1. The molecule has 2 atom stereocenters. The van der Waals surface area contributed by atoms with E-state index >= 15 is 0 Å². The summed E-state index contributed by atoms with van der Waals surface area (Å²) in [5.41, 5.74) is 0.746. The Morgan fingerprint density at radius 3 is 2.86 bits per heavy atom. The van der Waals surface area contributed by atoms with E-state index < -0.39 is 0 Å². The van der Waals surface area contributed by atoms with Crippen LogP contribution in [0.15, 0.2) is 29.2 Å². The molecular weight excluding hydrogens is 282 g/mol. The van der Waals surface area contributed by atoms with Crippen LogP contribution < -0.4 is 5.32 Å². The van der Waals surface area contributed by atoms with Crippen LogP contribution in [0.1, 0.15) is 43.0 Å². The van der Waals surface area contributed by atoms with Crippen LogP contribution in [0.3, 0.4) is 0 Å². The molecule has 0 saturated heterocycles. The van der Waals surface area contributed by atoms with E-state index in [1.807, 2.05) is 30.5 Å². The number of ether oxygens (including phenoxy) is 1. The molecule has 1 amide bonds. The molecule has 0 radical (unpaired) electrons. The third kappa shape index (κ3) is 4.75. The lowest BCUT2D eigenvalue weighted by atomic mass is 9.88. The zero-order valence-electron chi connectivity index (χ0n) is 12.9. The molecule has 0 bridgehead atoms. The summed E-state index contributed by atoms with van der Waals surface area (Å²) in [6.45, 7) is 3.43. The monoisotopic (exact) mass is 307 g/mol. The summed E-state index contributed by atoms with van der Waals surface area (Å²) in [7, 11) is 0. The fraction of sp³-hybridized carbons (Fsp3) is 0.588. The van der Waals surface area contributed by atoms with Crippen LogP contribution in [-0.4, -0.2) is 31.4 Å². The lowest BCUT2D eigenvalue weighted by Gasteiger charge is -2.28. The molecule has 116 valence electrons. The molecule has 1 aliphatic carbocycles. The fourth-order valence-electron chi connectivity index (χ4n) is 2.83. The first-order chi connectivity index (χ1) is 10.2. The second-order valence-corrected chi connectivity index (χ2v) is 6.48. The summed E-state index contributed by atoms with van der Waals surface area (Å²) < 4.78 is 5.92. The van der Waals surface area contributed by atoms with E-state index in [4.69, 9.17) is 4.74 Å². The van der Waals surface area contributed by atoms with E-state index in [2.05, 4.69) is 12.2 Å². The normalized spacial score (nSPS) is 22.0. The van der Waals surface area contributed by atoms with E-state index in [9.17, 15) is 4.79 Å². The number of hydrogen-bond acceptors (Lipinski definition) is 3. The number of amides is 1. The zero-order valence-corrected chi connectivity index (χ0v) is 13.7. The van der Waals surface area contributed by atoms with Gasteiger partial charge in [0.1, 0.15) is 0 Å². The number of rotatable bonds is 6. The van der Waals surface area contributed by atoms with Gasteiger partial charge in [-0.15, -0.1) is 11.8 Å². The molecule has 0 aliphatic heterocycles. The van der Waals surface area contributed by atoms with Crippen LogP contribution in [0.2, 0.25) is 0 Å². The molecule has 1 fully saturated rings. The Balaban J connectivity index is 1.74. The standard InChI is InChI=1S/C17H25NO2S/c1-13-7-3-5-9-15(13)20-12-11-18-17(19)14-8-4-6-10-16(14)21-2/h4,6,8,10,13,15H,3,5,7,9,11-12H2,1-2H3,(H,18,19). The maximum absolute atomic E-state index is 12.2. The highest BCUT2D eigenvalue weighted by Crippen LogP contribution is 2.26. The van der Waals surface area contributed by atoms with Gasteiger partial charge in [-0.1, -0.05) is 31.9 Å². The lowest BCUT2D eigenvalue weighted by molar-refractivity contribution is -0.00294. The van der Waals surface area contributed by atoms with E-state index in [1.54, 1.807) is 11.8 Å². The summed E-state index contributed by atoms with van der Waals surface area (Å²) in [6, 6.07) is 7.69. The van der Waals surface area contributed by atoms with Gasteiger partial charge in [-0.25, -0.2) is 0 Å². The predicted molar refractivity (Wildman–Crippen MR) is 87.9 cm³/mol. The number of benzene rings is 1. The fourth-order valence-corrected chi connectivity index (χ4v) is 3.43.